The fraction of sp³-hybridized carbons (Fsp3) is 0.250. The molecule has 0 bridgehead atoms. The van der Waals surface area contributed by atoms with Crippen molar-refractivity contribution in [3.63, 3.8) is 0 Å². The summed E-state index contributed by atoms with van der Waals surface area (Å²) in [7, 11) is 0. The first-order chi connectivity index (χ1) is 12.8. The molecule has 0 amide bonds. The van der Waals surface area contributed by atoms with E-state index in [-0.39, 0.29) is 11.6 Å². The zero-order chi connectivity index (χ0) is 17.8. The third-order valence-electron chi connectivity index (χ3n) is 5.51. The van der Waals surface area contributed by atoms with Gasteiger partial charge in [0.05, 0.1) is 11.6 Å². The average Bonchev–Trinajstić information content (AvgIpc) is 2.72. The highest BCUT2D eigenvalue weighted by atomic mass is 16.3. The maximum absolute atomic E-state index is 10.1. The van der Waals surface area contributed by atoms with E-state index in [9.17, 15) is 5.11 Å². The van der Waals surface area contributed by atoms with Gasteiger partial charge in [-0.2, -0.15) is 0 Å². The second-order valence-corrected chi connectivity index (χ2v) is 7.03. The number of likely N-dealkylation sites (tertiary alicyclic amines) is 1. The van der Waals surface area contributed by atoms with Crippen molar-refractivity contribution < 1.29 is 5.11 Å². The van der Waals surface area contributed by atoms with Gasteiger partial charge in [0.25, 0.3) is 0 Å². The Labute approximate surface area is 155 Å². The van der Waals surface area contributed by atoms with Crippen LogP contribution < -0.4 is 0 Å². The fourth-order valence-electron chi connectivity index (χ4n) is 4.29. The molecule has 1 heterocycles. The molecule has 0 spiro atoms. The smallest absolute Gasteiger partial charge is 0.0972 e. The van der Waals surface area contributed by atoms with Gasteiger partial charge >= 0.3 is 0 Å². The molecular formula is C24H25NO. The van der Waals surface area contributed by atoms with Crippen molar-refractivity contribution in [3.05, 3.63) is 108 Å². The van der Waals surface area contributed by atoms with Crippen molar-refractivity contribution in [1.82, 2.24) is 4.90 Å². The summed E-state index contributed by atoms with van der Waals surface area (Å²) in [4.78, 5) is 2.54. The molecule has 1 saturated heterocycles. The quantitative estimate of drug-likeness (QED) is 0.708. The van der Waals surface area contributed by atoms with Gasteiger partial charge in [-0.1, -0.05) is 91.0 Å². The minimum absolute atomic E-state index is 0.189. The topological polar surface area (TPSA) is 23.5 Å². The Hall–Kier alpha value is -2.42. The van der Waals surface area contributed by atoms with Crippen LogP contribution in [0.2, 0.25) is 0 Å². The van der Waals surface area contributed by atoms with E-state index < -0.39 is 0 Å². The first-order valence-electron chi connectivity index (χ1n) is 9.41. The van der Waals surface area contributed by atoms with Crippen LogP contribution in [-0.4, -0.2) is 29.2 Å². The molecule has 2 nitrogen and oxygen atoms in total. The molecule has 4 rings (SSSR count). The number of nitrogens with zero attached hydrogens (tertiary/aromatic N) is 1. The van der Waals surface area contributed by atoms with Gasteiger partial charge in [-0.3, -0.25) is 4.90 Å². The van der Waals surface area contributed by atoms with Gasteiger partial charge in [0.1, 0.15) is 0 Å². The van der Waals surface area contributed by atoms with Gasteiger partial charge in [0.2, 0.25) is 0 Å². The summed E-state index contributed by atoms with van der Waals surface area (Å²) >= 11 is 0. The molecule has 1 fully saturated rings. The molecule has 1 N–H and O–H groups in total. The molecule has 0 aromatic heterocycles. The van der Waals surface area contributed by atoms with Crippen LogP contribution in [0.1, 0.15) is 29.5 Å². The summed E-state index contributed by atoms with van der Waals surface area (Å²) in [5.41, 5.74) is 3.47. The Kier molecular flexibility index (Phi) is 4.87. The number of piperidine rings is 1. The van der Waals surface area contributed by atoms with Crippen molar-refractivity contribution in [2.24, 2.45) is 0 Å². The van der Waals surface area contributed by atoms with Gasteiger partial charge in [0, 0.05) is 13.1 Å². The number of aliphatic hydroxyl groups is 1. The van der Waals surface area contributed by atoms with E-state index in [1.54, 1.807) is 0 Å². The largest absolute Gasteiger partial charge is 0.393 e. The van der Waals surface area contributed by atoms with E-state index in [1.807, 2.05) is 0 Å². The van der Waals surface area contributed by atoms with Crippen LogP contribution in [0, 0.1) is 0 Å². The van der Waals surface area contributed by atoms with Crippen molar-refractivity contribution in [2.75, 3.05) is 13.1 Å². The van der Waals surface area contributed by atoms with Crippen LogP contribution in [0.3, 0.4) is 0 Å². The van der Waals surface area contributed by atoms with Crippen LogP contribution in [0.4, 0.5) is 0 Å². The molecule has 26 heavy (non-hydrogen) atoms. The number of hydrogen-bond acceptors (Lipinski definition) is 2. The first kappa shape index (κ1) is 17.0. The van der Waals surface area contributed by atoms with Crippen molar-refractivity contribution in [2.45, 2.75) is 24.5 Å². The number of aliphatic hydroxyl groups excluding tert-OH is 1. The minimum atomic E-state index is -0.343. The lowest BCUT2D eigenvalue weighted by atomic mass is 9.74. The van der Waals surface area contributed by atoms with Crippen LogP contribution in [-0.2, 0) is 5.54 Å². The van der Waals surface area contributed by atoms with E-state index in [0.717, 1.165) is 25.9 Å². The Morgan fingerprint density at radius 1 is 0.615 bits per heavy atom. The zero-order valence-electron chi connectivity index (χ0n) is 15.0. The molecule has 132 valence electrons. The monoisotopic (exact) mass is 343 g/mol. The molecule has 0 saturated carbocycles. The van der Waals surface area contributed by atoms with Gasteiger partial charge in [-0.15, -0.1) is 0 Å². The Balaban J connectivity index is 1.97. The Morgan fingerprint density at radius 3 is 1.31 bits per heavy atom. The van der Waals surface area contributed by atoms with Gasteiger partial charge in [-0.05, 0) is 29.5 Å². The lowest BCUT2D eigenvalue weighted by Gasteiger charge is -2.48. The summed E-state index contributed by atoms with van der Waals surface area (Å²) in [6, 6.07) is 32.3. The van der Waals surface area contributed by atoms with Crippen LogP contribution in [0.5, 0.6) is 0 Å². The van der Waals surface area contributed by atoms with Crippen molar-refractivity contribution in [1.29, 1.82) is 0 Å². The highest BCUT2D eigenvalue weighted by Gasteiger charge is 2.43. The predicted octanol–water partition coefficient (Wildman–Crippen LogP) is 4.44. The average molecular weight is 343 g/mol. The first-order valence-corrected chi connectivity index (χ1v) is 9.41. The molecule has 1 aliphatic rings. The van der Waals surface area contributed by atoms with Crippen molar-refractivity contribution in [3.8, 4) is 0 Å². The summed E-state index contributed by atoms with van der Waals surface area (Å²) in [6.07, 6.45) is 1.44. The van der Waals surface area contributed by atoms with Gasteiger partial charge in [0.15, 0.2) is 0 Å². The number of rotatable bonds is 4. The van der Waals surface area contributed by atoms with Crippen LogP contribution in [0.25, 0.3) is 0 Å². The molecule has 0 radical (unpaired) electrons. The highest BCUT2D eigenvalue weighted by Crippen LogP contribution is 2.43. The standard InChI is InChI=1S/C24H25NO/c26-23-16-18-25(19-17-23)24(20-10-4-1-5-11-20,21-12-6-2-7-13-21)22-14-8-3-9-15-22/h1-15,23,26H,16-19H2. The molecule has 1 aliphatic heterocycles. The normalized spacial score (nSPS) is 16.5. The molecular weight excluding hydrogens is 318 g/mol. The molecule has 3 aromatic rings. The number of hydrogen-bond donors (Lipinski definition) is 1. The summed E-state index contributed by atoms with van der Waals surface area (Å²) in [5, 5.41) is 10.1. The summed E-state index contributed by atoms with van der Waals surface area (Å²) in [5.74, 6) is 0. The molecule has 0 atom stereocenters. The molecule has 0 aliphatic carbocycles. The van der Waals surface area contributed by atoms with E-state index in [2.05, 4.69) is 95.9 Å². The lowest BCUT2D eigenvalue weighted by molar-refractivity contribution is 0.0450. The Morgan fingerprint density at radius 2 is 0.962 bits per heavy atom. The highest BCUT2D eigenvalue weighted by molar-refractivity contribution is 5.49. The van der Waals surface area contributed by atoms with Crippen LogP contribution in [0.15, 0.2) is 91.0 Å². The molecule has 3 aromatic carbocycles. The lowest BCUT2D eigenvalue weighted by Crippen LogP contribution is -2.52. The van der Waals surface area contributed by atoms with E-state index in [4.69, 9.17) is 0 Å². The minimum Gasteiger partial charge on any atom is -0.393 e. The maximum Gasteiger partial charge on any atom is 0.0972 e. The Bertz CT molecular complexity index is 712. The summed E-state index contributed by atoms with van der Waals surface area (Å²) in [6.45, 7) is 1.75. The summed E-state index contributed by atoms with van der Waals surface area (Å²) < 4.78 is 0. The van der Waals surface area contributed by atoms with E-state index >= 15 is 0 Å². The number of benzene rings is 3. The van der Waals surface area contributed by atoms with Crippen LogP contribution >= 0.6 is 0 Å². The van der Waals surface area contributed by atoms with E-state index in [0.29, 0.717) is 0 Å². The third-order valence-corrected chi connectivity index (χ3v) is 5.51. The maximum atomic E-state index is 10.1. The predicted molar refractivity (Wildman–Crippen MR) is 106 cm³/mol. The second kappa shape index (κ2) is 7.45. The molecule has 0 unspecified atom stereocenters. The third kappa shape index (κ3) is 2.96. The molecule has 2 heteroatoms. The SMILES string of the molecule is OC1CCN(C(c2ccccc2)(c2ccccc2)c2ccccc2)CC1. The zero-order valence-corrected chi connectivity index (χ0v) is 15.0. The van der Waals surface area contributed by atoms with Gasteiger partial charge < -0.3 is 5.11 Å². The fourth-order valence-corrected chi connectivity index (χ4v) is 4.29. The van der Waals surface area contributed by atoms with Gasteiger partial charge in [-0.25, -0.2) is 0 Å². The van der Waals surface area contributed by atoms with E-state index in [1.165, 1.54) is 16.7 Å². The van der Waals surface area contributed by atoms with Crippen molar-refractivity contribution >= 4 is 0 Å². The second-order valence-electron chi connectivity index (χ2n) is 7.03.